The summed E-state index contributed by atoms with van der Waals surface area (Å²) in [6, 6.07) is 21.3. The van der Waals surface area contributed by atoms with Gasteiger partial charge >= 0.3 is 0 Å². The van der Waals surface area contributed by atoms with Crippen molar-refractivity contribution in [3.63, 3.8) is 0 Å². The summed E-state index contributed by atoms with van der Waals surface area (Å²) in [6.45, 7) is 3.16. The first kappa shape index (κ1) is 17.6. The van der Waals surface area contributed by atoms with Gasteiger partial charge in [0.05, 0.1) is 4.88 Å². The Balaban J connectivity index is 1.48. The molecule has 140 valence electrons. The largest absolute Gasteiger partial charge is 0.298 e. The van der Waals surface area contributed by atoms with Gasteiger partial charge in [-0.1, -0.05) is 60.2 Å². The highest BCUT2D eigenvalue weighted by atomic mass is 32.1. The minimum Gasteiger partial charge on any atom is -0.298 e. The number of hydrogen-bond acceptors (Lipinski definition) is 3. The Kier molecular flexibility index (Phi) is 4.71. The van der Waals surface area contributed by atoms with Crippen molar-refractivity contribution in [2.24, 2.45) is 0 Å². The van der Waals surface area contributed by atoms with Gasteiger partial charge in [0, 0.05) is 31.6 Å². The molecule has 0 bridgehead atoms. The summed E-state index contributed by atoms with van der Waals surface area (Å²) < 4.78 is 0. The fraction of sp³-hybridized carbons (Fsp3) is 0.240. The Hall–Kier alpha value is -2.49. The summed E-state index contributed by atoms with van der Waals surface area (Å²) in [5, 5.41) is 2.07. The first-order valence-electron chi connectivity index (χ1n) is 9.97. The summed E-state index contributed by atoms with van der Waals surface area (Å²) in [4.78, 5) is 16.3. The van der Waals surface area contributed by atoms with E-state index in [1.54, 1.807) is 11.3 Å². The zero-order valence-electron chi connectivity index (χ0n) is 15.9. The predicted octanol–water partition coefficient (Wildman–Crippen LogP) is 5.58. The molecule has 1 aromatic heterocycles. The lowest BCUT2D eigenvalue weighted by Gasteiger charge is -2.30. The van der Waals surface area contributed by atoms with Crippen molar-refractivity contribution in [2.75, 3.05) is 13.1 Å². The third-order valence-electron chi connectivity index (χ3n) is 5.89. The van der Waals surface area contributed by atoms with Crippen LogP contribution in [-0.4, -0.2) is 23.8 Å². The molecule has 0 atom stereocenters. The van der Waals surface area contributed by atoms with E-state index in [2.05, 4.69) is 70.9 Å². The van der Waals surface area contributed by atoms with Crippen molar-refractivity contribution >= 4 is 22.7 Å². The molecule has 28 heavy (non-hydrogen) atoms. The Morgan fingerprint density at radius 2 is 1.61 bits per heavy atom. The number of rotatable bonds is 2. The van der Waals surface area contributed by atoms with E-state index in [0.29, 0.717) is 6.42 Å². The van der Waals surface area contributed by atoms with Crippen LogP contribution in [0.25, 0.3) is 5.57 Å². The average molecular weight is 386 g/mol. The summed E-state index contributed by atoms with van der Waals surface area (Å²) in [5.74, 6) is 0.259. The van der Waals surface area contributed by atoms with E-state index < -0.39 is 0 Å². The number of carbonyl (C=O) groups is 1. The van der Waals surface area contributed by atoms with Crippen molar-refractivity contribution in [1.29, 1.82) is 0 Å². The average Bonchev–Trinajstić information content (AvgIpc) is 3.17. The SMILES string of the molecule is O=C1Cc2ccccc2C(=C2CCN(Cc3ccccc3)CC2)c2ccsc21. The predicted molar refractivity (Wildman–Crippen MR) is 116 cm³/mol. The van der Waals surface area contributed by atoms with Crippen LogP contribution in [0.1, 0.15) is 44.8 Å². The lowest BCUT2D eigenvalue weighted by atomic mass is 9.87. The number of fused-ring (bicyclic) bond motifs is 2. The molecule has 0 unspecified atom stereocenters. The third kappa shape index (κ3) is 3.25. The van der Waals surface area contributed by atoms with E-state index in [1.165, 1.54) is 27.8 Å². The molecule has 1 aliphatic carbocycles. The molecule has 3 heteroatoms. The van der Waals surface area contributed by atoms with E-state index in [1.807, 2.05) is 0 Å². The summed E-state index contributed by atoms with van der Waals surface area (Å²) in [5.41, 5.74) is 7.81. The van der Waals surface area contributed by atoms with Gasteiger partial charge in [0.2, 0.25) is 0 Å². The van der Waals surface area contributed by atoms with Crippen LogP contribution in [0, 0.1) is 0 Å². The van der Waals surface area contributed by atoms with Gasteiger partial charge in [-0.3, -0.25) is 9.69 Å². The molecular weight excluding hydrogens is 362 g/mol. The van der Waals surface area contributed by atoms with Gasteiger partial charge in [-0.15, -0.1) is 11.3 Å². The molecule has 2 aromatic carbocycles. The Labute approximate surface area is 170 Å². The molecule has 0 spiro atoms. The Morgan fingerprint density at radius 1 is 0.857 bits per heavy atom. The van der Waals surface area contributed by atoms with Gasteiger partial charge < -0.3 is 0 Å². The summed E-state index contributed by atoms with van der Waals surface area (Å²) >= 11 is 1.59. The molecule has 1 fully saturated rings. The molecule has 2 nitrogen and oxygen atoms in total. The quantitative estimate of drug-likeness (QED) is 0.573. The molecule has 0 amide bonds. The molecule has 2 heterocycles. The highest BCUT2D eigenvalue weighted by molar-refractivity contribution is 7.12. The Bertz CT molecular complexity index is 1040. The van der Waals surface area contributed by atoms with Crippen molar-refractivity contribution in [3.8, 4) is 0 Å². The topological polar surface area (TPSA) is 20.3 Å². The molecule has 0 N–H and O–H groups in total. The van der Waals surface area contributed by atoms with Crippen molar-refractivity contribution in [1.82, 2.24) is 4.90 Å². The van der Waals surface area contributed by atoms with Gasteiger partial charge in [-0.25, -0.2) is 0 Å². The van der Waals surface area contributed by atoms with Gasteiger partial charge in [-0.2, -0.15) is 0 Å². The van der Waals surface area contributed by atoms with Crippen LogP contribution in [0.2, 0.25) is 0 Å². The molecule has 2 aliphatic rings. The smallest absolute Gasteiger partial charge is 0.177 e. The first-order chi connectivity index (χ1) is 13.8. The second-order valence-electron chi connectivity index (χ2n) is 7.66. The van der Waals surface area contributed by atoms with Gasteiger partial charge in [0.25, 0.3) is 0 Å². The fourth-order valence-corrected chi connectivity index (χ4v) is 5.33. The number of piperidine rings is 1. The highest BCUT2D eigenvalue weighted by Gasteiger charge is 2.27. The molecule has 0 saturated carbocycles. The van der Waals surface area contributed by atoms with E-state index in [-0.39, 0.29) is 5.78 Å². The van der Waals surface area contributed by atoms with Crippen LogP contribution in [0.15, 0.2) is 71.6 Å². The van der Waals surface area contributed by atoms with Crippen molar-refractivity contribution < 1.29 is 4.79 Å². The number of nitrogens with zero attached hydrogens (tertiary/aromatic N) is 1. The third-order valence-corrected chi connectivity index (χ3v) is 6.84. The maximum absolute atomic E-state index is 12.8. The maximum atomic E-state index is 12.8. The first-order valence-corrected chi connectivity index (χ1v) is 10.9. The molecule has 1 aliphatic heterocycles. The number of ketones is 1. The van der Waals surface area contributed by atoms with Crippen molar-refractivity contribution in [3.05, 3.63) is 98.7 Å². The number of benzene rings is 2. The van der Waals surface area contributed by atoms with E-state index in [9.17, 15) is 4.79 Å². The van der Waals surface area contributed by atoms with Gasteiger partial charge in [-0.05, 0) is 46.6 Å². The molecule has 1 saturated heterocycles. The lowest BCUT2D eigenvalue weighted by Crippen LogP contribution is -2.30. The van der Waals surface area contributed by atoms with Crippen molar-refractivity contribution in [2.45, 2.75) is 25.8 Å². The zero-order valence-corrected chi connectivity index (χ0v) is 16.7. The summed E-state index contributed by atoms with van der Waals surface area (Å²) in [7, 11) is 0. The molecule has 5 rings (SSSR count). The summed E-state index contributed by atoms with van der Waals surface area (Å²) in [6.07, 6.45) is 2.65. The van der Waals surface area contributed by atoms with Gasteiger partial charge in [0.15, 0.2) is 5.78 Å². The standard InChI is InChI=1S/C25H23NOS/c27-23-16-20-8-4-5-9-21(20)24(22-12-15-28-25(22)23)19-10-13-26(14-11-19)17-18-6-2-1-3-7-18/h1-9,12,15H,10-11,13-14,16-17H2. The second-order valence-corrected chi connectivity index (χ2v) is 8.58. The second kappa shape index (κ2) is 7.50. The fourth-order valence-electron chi connectivity index (χ4n) is 4.49. The minimum atomic E-state index is 0.259. The monoisotopic (exact) mass is 385 g/mol. The van der Waals surface area contributed by atoms with Crippen LogP contribution in [0.5, 0.6) is 0 Å². The van der Waals surface area contributed by atoms with Crippen LogP contribution in [-0.2, 0) is 13.0 Å². The normalized spacial score (nSPS) is 17.2. The number of thiophene rings is 1. The minimum absolute atomic E-state index is 0.259. The van der Waals surface area contributed by atoms with E-state index in [4.69, 9.17) is 0 Å². The highest BCUT2D eigenvalue weighted by Crippen LogP contribution is 2.40. The molecule has 3 aromatic rings. The van der Waals surface area contributed by atoms with E-state index in [0.717, 1.165) is 42.9 Å². The van der Waals surface area contributed by atoms with Crippen LogP contribution >= 0.6 is 11.3 Å². The maximum Gasteiger partial charge on any atom is 0.177 e. The van der Waals surface area contributed by atoms with Crippen LogP contribution < -0.4 is 0 Å². The van der Waals surface area contributed by atoms with Crippen LogP contribution in [0.3, 0.4) is 0 Å². The molecule has 0 radical (unpaired) electrons. The van der Waals surface area contributed by atoms with Gasteiger partial charge in [0.1, 0.15) is 0 Å². The Morgan fingerprint density at radius 3 is 2.43 bits per heavy atom. The number of Topliss-reactive ketones (excluding diaryl/α,β-unsaturated/α-hetero) is 1. The van der Waals surface area contributed by atoms with E-state index >= 15 is 0 Å². The molecular formula is C25H23NOS. The number of likely N-dealkylation sites (tertiary alicyclic amines) is 1. The number of hydrogen-bond donors (Lipinski definition) is 0. The number of carbonyl (C=O) groups excluding carboxylic acids is 1. The lowest BCUT2D eigenvalue weighted by molar-refractivity contribution is 0.0997. The zero-order chi connectivity index (χ0) is 18.9. The van der Waals surface area contributed by atoms with Crippen LogP contribution in [0.4, 0.5) is 0 Å².